The normalized spacial score (nSPS) is 57.8. The predicted octanol–water partition coefficient (Wildman–Crippen LogP) is -0.843. The SMILES string of the molecule is COC1OC2(CCC1C)OC1CC3C4CC=C5CC(OC6OC(CO)C(O)C(OC7OC(CO)C(O)C(O)C7O)C6OC6OC(C)C(O)C(O)C6O)CCC5(C)C4CC(O)C3(C)C1C2C. The maximum absolute atomic E-state index is 12.4. The van der Waals surface area contributed by atoms with Crippen molar-refractivity contribution in [3.8, 4) is 0 Å². The summed E-state index contributed by atoms with van der Waals surface area (Å²) in [6.07, 6.45) is -16.8. The molecular weight excluding hydrogens is 856 g/mol. The lowest BCUT2D eigenvalue weighted by molar-refractivity contribution is -0.394. The van der Waals surface area contributed by atoms with Gasteiger partial charge < -0.3 is 93.7 Å². The molecule has 0 aromatic heterocycles. The van der Waals surface area contributed by atoms with Crippen molar-refractivity contribution in [2.75, 3.05) is 20.3 Å². The minimum atomic E-state index is -1.87. The summed E-state index contributed by atoms with van der Waals surface area (Å²) in [7, 11) is 1.68. The zero-order valence-electron chi connectivity index (χ0n) is 38.2. The van der Waals surface area contributed by atoms with Crippen molar-refractivity contribution in [2.45, 2.75) is 208 Å². The van der Waals surface area contributed by atoms with E-state index in [1.165, 1.54) is 12.5 Å². The molecule has 3 saturated carbocycles. The molecule has 28 atom stereocenters. The molecule has 0 aromatic carbocycles. The van der Waals surface area contributed by atoms with Crippen molar-refractivity contribution in [3.05, 3.63) is 11.6 Å². The van der Waals surface area contributed by atoms with Gasteiger partial charge >= 0.3 is 0 Å². The van der Waals surface area contributed by atoms with Crippen molar-refractivity contribution in [1.29, 1.82) is 0 Å². The fraction of sp³-hybridized carbons (Fsp3) is 0.957. The van der Waals surface area contributed by atoms with Gasteiger partial charge in [0.1, 0.15) is 67.1 Å². The average Bonchev–Trinajstić information content (AvgIpc) is 3.74. The second-order valence-corrected chi connectivity index (χ2v) is 21.4. The van der Waals surface area contributed by atoms with Gasteiger partial charge in [-0.05, 0) is 75.0 Å². The molecule has 372 valence electrons. The fourth-order valence-electron chi connectivity index (χ4n) is 14.3. The third-order valence-corrected chi connectivity index (χ3v) is 18.2. The Kier molecular flexibility index (Phi) is 13.8. The molecule has 28 unspecified atom stereocenters. The van der Waals surface area contributed by atoms with Crippen LogP contribution in [0, 0.1) is 46.3 Å². The molecule has 19 nitrogen and oxygen atoms in total. The summed E-state index contributed by atoms with van der Waals surface area (Å²) < 4.78 is 56.0. The van der Waals surface area contributed by atoms with E-state index in [0.29, 0.717) is 25.2 Å². The van der Waals surface area contributed by atoms with Crippen LogP contribution in [0.5, 0.6) is 0 Å². The first kappa shape index (κ1) is 49.0. The van der Waals surface area contributed by atoms with E-state index < -0.39 is 123 Å². The van der Waals surface area contributed by atoms with E-state index in [0.717, 1.165) is 32.1 Å². The van der Waals surface area contributed by atoms with Crippen molar-refractivity contribution in [3.63, 3.8) is 0 Å². The highest BCUT2D eigenvalue weighted by molar-refractivity contribution is 5.27. The lowest BCUT2D eigenvalue weighted by atomic mass is 9.46. The first-order valence-electron chi connectivity index (χ1n) is 24.0. The van der Waals surface area contributed by atoms with Gasteiger partial charge in [0.15, 0.2) is 30.9 Å². The van der Waals surface area contributed by atoms with Gasteiger partial charge in [-0.25, -0.2) is 0 Å². The summed E-state index contributed by atoms with van der Waals surface area (Å²) in [5.74, 6) is 0.520. The Morgan fingerprint density at radius 3 is 2.00 bits per heavy atom. The molecule has 9 rings (SSSR count). The van der Waals surface area contributed by atoms with Crippen molar-refractivity contribution in [1.82, 2.24) is 0 Å². The maximum Gasteiger partial charge on any atom is 0.187 e. The van der Waals surface area contributed by atoms with Gasteiger partial charge in [-0.1, -0.05) is 39.3 Å². The topological polar surface area (TPSA) is 285 Å². The number of hydrogen-bond acceptors (Lipinski definition) is 19. The number of rotatable bonds is 9. The zero-order chi connectivity index (χ0) is 46.7. The Morgan fingerprint density at radius 2 is 1.31 bits per heavy atom. The van der Waals surface area contributed by atoms with Crippen molar-refractivity contribution >= 4 is 0 Å². The van der Waals surface area contributed by atoms with E-state index in [-0.39, 0.29) is 52.8 Å². The number of hydrogen-bond donors (Lipinski definition) is 10. The molecule has 0 radical (unpaired) electrons. The maximum atomic E-state index is 12.4. The largest absolute Gasteiger partial charge is 0.394 e. The Balaban J connectivity index is 0.947. The van der Waals surface area contributed by atoms with E-state index in [2.05, 4.69) is 33.8 Å². The van der Waals surface area contributed by atoms with E-state index in [1.807, 2.05) is 0 Å². The highest BCUT2D eigenvalue weighted by Crippen LogP contribution is 2.71. The average molecular weight is 931 g/mol. The smallest absolute Gasteiger partial charge is 0.187 e. The zero-order valence-corrected chi connectivity index (χ0v) is 38.2. The standard InChI is InChI=1S/C46H74O19/c1-18-9-12-46(65-40(18)57-6)19(2)30-26(64-46)14-25-23-8-7-21-13-22(10-11-44(21,4)24(23)15-29(49)45(25,30)5)59-43-39(63-41-36(55)34(53)31(50)20(3)58-41)38(33(52)28(17-48)61-43)62-42-37(56)35(54)32(51)27(16-47)60-42/h7,18-20,22-43,47-56H,8-17H2,1-6H3. The van der Waals surface area contributed by atoms with Crippen molar-refractivity contribution < 1.29 is 93.7 Å². The highest BCUT2D eigenvalue weighted by Gasteiger charge is 2.72. The monoisotopic (exact) mass is 930 g/mol. The van der Waals surface area contributed by atoms with Crippen molar-refractivity contribution in [2.24, 2.45) is 46.3 Å². The van der Waals surface area contributed by atoms with Crippen LogP contribution in [-0.2, 0) is 42.6 Å². The molecule has 5 aliphatic heterocycles. The summed E-state index contributed by atoms with van der Waals surface area (Å²) in [5.41, 5.74) is 0.587. The van der Waals surface area contributed by atoms with Crippen LogP contribution >= 0.6 is 0 Å². The lowest BCUT2D eigenvalue weighted by Gasteiger charge is -2.60. The van der Waals surface area contributed by atoms with Crippen LogP contribution in [0.2, 0.25) is 0 Å². The van der Waals surface area contributed by atoms with Crippen LogP contribution in [0.4, 0.5) is 0 Å². The third kappa shape index (κ3) is 7.92. The Labute approximate surface area is 379 Å². The predicted molar refractivity (Wildman–Crippen MR) is 222 cm³/mol. The number of aliphatic hydroxyl groups excluding tert-OH is 10. The first-order valence-corrected chi connectivity index (χ1v) is 24.0. The van der Waals surface area contributed by atoms with E-state index in [4.69, 9.17) is 42.6 Å². The van der Waals surface area contributed by atoms with Gasteiger partial charge in [0.25, 0.3) is 0 Å². The number of methoxy groups -OCH3 is 1. The molecule has 19 heteroatoms. The van der Waals surface area contributed by atoms with E-state index >= 15 is 0 Å². The molecule has 0 aromatic rings. The second-order valence-electron chi connectivity index (χ2n) is 21.4. The van der Waals surface area contributed by atoms with Gasteiger partial charge in [0.05, 0.1) is 37.6 Å². The third-order valence-electron chi connectivity index (χ3n) is 18.2. The second kappa shape index (κ2) is 18.3. The Morgan fingerprint density at radius 1 is 0.662 bits per heavy atom. The number of fused-ring (bicyclic) bond motifs is 7. The highest BCUT2D eigenvalue weighted by atomic mass is 16.8. The van der Waals surface area contributed by atoms with Gasteiger partial charge in [-0.2, -0.15) is 0 Å². The van der Waals surface area contributed by atoms with Crippen LogP contribution in [-0.4, -0.2) is 194 Å². The van der Waals surface area contributed by atoms with Crippen LogP contribution in [0.15, 0.2) is 11.6 Å². The summed E-state index contributed by atoms with van der Waals surface area (Å²) in [4.78, 5) is 0. The summed E-state index contributed by atoms with van der Waals surface area (Å²) in [6.45, 7) is 8.96. The molecule has 1 spiro atoms. The number of allylic oxidation sites excluding steroid dienone is 1. The minimum Gasteiger partial charge on any atom is -0.394 e. The molecule has 5 saturated heterocycles. The lowest BCUT2D eigenvalue weighted by Crippen LogP contribution is -2.67. The summed E-state index contributed by atoms with van der Waals surface area (Å²) in [5, 5.41) is 108. The van der Waals surface area contributed by atoms with Gasteiger partial charge in [0.2, 0.25) is 0 Å². The van der Waals surface area contributed by atoms with E-state index in [9.17, 15) is 51.1 Å². The fourth-order valence-corrected chi connectivity index (χ4v) is 14.3. The molecular formula is C46H74O19. The molecule has 10 N–H and O–H groups in total. The quantitative estimate of drug-likeness (QED) is 0.126. The van der Waals surface area contributed by atoms with Gasteiger partial charge in [-0.3, -0.25) is 0 Å². The Bertz CT molecular complexity index is 1710. The Hall–Kier alpha value is -1.02. The molecule has 5 heterocycles. The molecule has 4 aliphatic carbocycles. The van der Waals surface area contributed by atoms with Gasteiger partial charge in [0, 0.05) is 36.7 Å². The molecule has 8 fully saturated rings. The first-order chi connectivity index (χ1) is 30.8. The summed E-state index contributed by atoms with van der Waals surface area (Å²) in [6, 6.07) is 0. The molecule has 0 bridgehead atoms. The molecule has 0 amide bonds. The number of ether oxygens (including phenoxy) is 9. The molecule has 9 aliphatic rings. The van der Waals surface area contributed by atoms with Crippen LogP contribution in [0.1, 0.15) is 86.0 Å². The minimum absolute atomic E-state index is 0.0290. The van der Waals surface area contributed by atoms with Crippen LogP contribution in [0.25, 0.3) is 0 Å². The van der Waals surface area contributed by atoms with Crippen LogP contribution in [0.3, 0.4) is 0 Å². The summed E-state index contributed by atoms with van der Waals surface area (Å²) >= 11 is 0. The molecule has 65 heavy (non-hydrogen) atoms. The van der Waals surface area contributed by atoms with E-state index in [1.54, 1.807) is 7.11 Å². The number of aliphatic hydroxyl groups is 10. The van der Waals surface area contributed by atoms with Crippen LogP contribution < -0.4 is 0 Å². The van der Waals surface area contributed by atoms with Gasteiger partial charge in [-0.15, -0.1) is 0 Å².